The highest BCUT2D eigenvalue weighted by molar-refractivity contribution is 7.91. The van der Waals surface area contributed by atoms with Gasteiger partial charge in [0.05, 0.1) is 10.9 Å². The first-order chi connectivity index (χ1) is 9.49. The molecule has 0 saturated heterocycles. The highest BCUT2D eigenvalue weighted by Crippen LogP contribution is 2.19. The van der Waals surface area contributed by atoms with Gasteiger partial charge in [0, 0.05) is 6.26 Å². The van der Waals surface area contributed by atoms with Crippen molar-refractivity contribution in [3.63, 3.8) is 0 Å². The molecule has 0 aromatic heterocycles. The van der Waals surface area contributed by atoms with Crippen LogP contribution in [0.4, 0.5) is 4.39 Å². The Morgan fingerprint density at radius 1 is 1.38 bits per heavy atom. The van der Waals surface area contributed by atoms with Gasteiger partial charge in [0.15, 0.2) is 15.7 Å². The number of rotatable bonds is 5. The predicted molar refractivity (Wildman–Crippen MR) is 72.7 cm³/mol. The van der Waals surface area contributed by atoms with Crippen LogP contribution in [-0.4, -0.2) is 40.2 Å². The van der Waals surface area contributed by atoms with Gasteiger partial charge in [-0.15, -0.1) is 0 Å². The van der Waals surface area contributed by atoms with Crippen molar-refractivity contribution in [2.45, 2.75) is 22.8 Å². The summed E-state index contributed by atoms with van der Waals surface area (Å²) < 4.78 is 62.5. The van der Waals surface area contributed by atoms with E-state index in [0.717, 1.165) is 18.4 Å². The molecule has 1 unspecified atom stereocenters. The fourth-order valence-electron chi connectivity index (χ4n) is 1.36. The van der Waals surface area contributed by atoms with Gasteiger partial charge in [-0.3, -0.25) is 0 Å². The summed E-state index contributed by atoms with van der Waals surface area (Å²) in [5.41, 5.74) is 5.22. The molecule has 11 heteroatoms. The average Bonchev–Trinajstić information content (AvgIpc) is 2.35. The highest BCUT2D eigenvalue weighted by atomic mass is 32.2. The topological polar surface area (TPSA) is 139 Å². The van der Waals surface area contributed by atoms with E-state index >= 15 is 0 Å². The van der Waals surface area contributed by atoms with Crippen molar-refractivity contribution in [3.05, 3.63) is 24.0 Å². The predicted octanol–water partition coefficient (Wildman–Crippen LogP) is -0.358. The second-order valence-electron chi connectivity index (χ2n) is 4.23. The molecule has 1 aromatic carbocycles. The SMILES string of the molecule is CC(NS(=O)(=O)c1cc(S(C)(=O)=O)ccc1F)/C(N)=N/O. The quantitative estimate of drug-likeness (QED) is 0.220. The van der Waals surface area contributed by atoms with E-state index in [-0.39, 0.29) is 4.90 Å². The molecule has 1 atom stereocenters. The molecular weight excluding hydrogens is 325 g/mol. The number of nitrogens with zero attached hydrogens (tertiary/aromatic N) is 1. The smallest absolute Gasteiger partial charge is 0.244 e. The number of hydrogen-bond donors (Lipinski definition) is 3. The maximum atomic E-state index is 13.7. The van der Waals surface area contributed by atoms with Crippen molar-refractivity contribution in [3.8, 4) is 0 Å². The lowest BCUT2D eigenvalue weighted by molar-refractivity contribution is 0.316. The van der Waals surface area contributed by atoms with Crippen LogP contribution in [0.2, 0.25) is 0 Å². The molecule has 0 saturated carbocycles. The van der Waals surface area contributed by atoms with Crippen molar-refractivity contribution >= 4 is 25.7 Å². The Balaban J connectivity index is 3.32. The van der Waals surface area contributed by atoms with E-state index in [4.69, 9.17) is 10.9 Å². The number of nitrogens with one attached hydrogen (secondary N) is 1. The maximum Gasteiger partial charge on any atom is 0.244 e. The summed E-state index contributed by atoms with van der Waals surface area (Å²) in [5.74, 6) is -1.56. The van der Waals surface area contributed by atoms with Gasteiger partial charge in [-0.2, -0.15) is 0 Å². The van der Waals surface area contributed by atoms with Crippen LogP contribution in [0.1, 0.15) is 6.92 Å². The first-order valence-corrected chi connectivity index (χ1v) is 8.86. The Bertz CT molecular complexity index is 774. The molecular formula is C10H14FN3O5S2. The molecule has 0 aliphatic rings. The number of hydrogen-bond acceptors (Lipinski definition) is 6. The van der Waals surface area contributed by atoms with Crippen molar-refractivity contribution < 1.29 is 26.4 Å². The van der Waals surface area contributed by atoms with Gasteiger partial charge in [0.1, 0.15) is 10.7 Å². The summed E-state index contributed by atoms with van der Waals surface area (Å²) in [4.78, 5) is -1.19. The third kappa shape index (κ3) is 4.12. The maximum absolute atomic E-state index is 13.7. The summed E-state index contributed by atoms with van der Waals surface area (Å²) in [6.07, 6.45) is 0.864. The molecule has 1 rings (SSSR count). The van der Waals surface area contributed by atoms with E-state index < -0.39 is 42.5 Å². The van der Waals surface area contributed by atoms with Gasteiger partial charge < -0.3 is 10.9 Å². The number of benzene rings is 1. The van der Waals surface area contributed by atoms with Gasteiger partial charge in [0.25, 0.3) is 0 Å². The molecule has 1 aromatic rings. The van der Waals surface area contributed by atoms with Crippen LogP contribution in [0.5, 0.6) is 0 Å². The Morgan fingerprint density at radius 3 is 2.43 bits per heavy atom. The molecule has 0 bridgehead atoms. The summed E-state index contributed by atoms with van der Waals surface area (Å²) in [7, 11) is -8.09. The third-order valence-corrected chi connectivity index (χ3v) is 5.18. The summed E-state index contributed by atoms with van der Waals surface area (Å²) in [6, 6.07) is 1.28. The summed E-state index contributed by atoms with van der Waals surface area (Å²) in [5, 5.41) is 11.1. The number of nitrogens with two attached hydrogens (primary N) is 1. The lowest BCUT2D eigenvalue weighted by atomic mass is 10.3. The molecule has 21 heavy (non-hydrogen) atoms. The first kappa shape index (κ1) is 17.3. The summed E-state index contributed by atoms with van der Waals surface area (Å²) >= 11 is 0. The highest BCUT2D eigenvalue weighted by Gasteiger charge is 2.25. The zero-order chi connectivity index (χ0) is 16.4. The molecule has 0 aliphatic carbocycles. The summed E-state index contributed by atoms with van der Waals surface area (Å²) in [6.45, 7) is 1.27. The fraction of sp³-hybridized carbons (Fsp3) is 0.300. The van der Waals surface area contributed by atoms with Gasteiger partial charge >= 0.3 is 0 Å². The number of halogens is 1. The Hall–Kier alpha value is -1.72. The molecule has 118 valence electrons. The molecule has 0 fully saturated rings. The number of sulfonamides is 1. The van der Waals surface area contributed by atoms with E-state index in [1.165, 1.54) is 6.92 Å². The first-order valence-electron chi connectivity index (χ1n) is 5.48. The monoisotopic (exact) mass is 339 g/mol. The third-order valence-electron chi connectivity index (χ3n) is 2.51. The second kappa shape index (κ2) is 5.95. The molecule has 0 spiro atoms. The van der Waals surface area contributed by atoms with Crippen LogP contribution in [0.3, 0.4) is 0 Å². The zero-order valence-electron chi connectivity index (χ0n) is 11.1. The molecule has 0 aliphatic heterocycles. The van der Waals surface area contributed by atoms with Gasteiger partial charge in [-0.25, -0.2) is 25.9 Å². The minimum absolute atomic E-state index is 0.347. The number of amidine groups is 1. The Morgan fingerprint density at radius 2 is 1.95 bits per heavy atom. The lowest BCUT2D eigenvalue weighted by Gasteiger charge is -2.13. The van der Waals surface area contributed by atoms with E-state index in [0.29, 0.717) is 6.07 Å². The van der Waals surface area contributed by atoms with Crippen LogP contribution in [0.15, 0.2) is 33.1 Å². The van der Waals surface area contributed by atoms with Crippen LogP contribution in [-0.2, 0) is 19.9 Å². The van der Waals surface area contributed by atoms with Crippen molar-refractivity contribution in [2.24, 2.45) is 10.9 Å². The standard InChI is InChI=1S/C10H14FN3O5S2/c1-6(10(12)13-15)14-21(18,19)9-5-7(20(2,16)17)3-4-8(9)11/h3-6,14-15H,1-2H3,(H2,12,13). The number of sulfone groups is 1. The van der Waals surface area contributed by atoms with E-state index in [2.05, 4.69) is 5.16 Å². The largest absolute Gasteiger partial charge is 0.409 e. The number of oxime groups is 1. The molecule has 0 radical (unpaired) electrons. The van der Waals surface area contributed by atoms with Gasteiger partial charge in [0.2, 0.25) is 10.0 Å². The zero-order valence-corrected chi connectivity index (χ0v) is 12.7. The normalized spacial score (nSPS) is 14.9. The molecule has 0 amide bonds. The molecule has 0 heterocycles. The Kier molecular flexibility index (Phi) is 4.91. The van der Waals surface area contributed by atoms with Crippen molar-refractivity contribution in [2.75, 3.05) is 6.26 Å². The van der Waals surface area contributed by atoms with Gasteiger partial charge in [-0.05, 0) is 25.1 Å². The van der Waals surface area contributed by atoms with Crippen molar-refractivity contribution in [1.29, 1.82) is 0 Å². The second-order valence-corrected chi connectivity index (χ2v) is 7.93. The van der Waals surface area contributed by atoms with Gasteiger partial charge in [-0.1, -0.05) is 5.16 Å². The van der Waals surface area contributed by atoms with Crippen LogP contribution in [0.25, 0.3) is 0 Å². The van der Waals surface area contributed by atoms with Crippen LogP contribution in [0, 0.1) is 5.82 Å². The van der Waals surface area contributed by atoms with Crippen LogP contribution < -0.4 is 10.5 Å². The Labute approximate surface area is 121 Å². The lowest BCUT2D eigenvalue weighted by Crippen LogP contribution is -2.42. The van der Waals surface area contributed by atoms with Crippen LogP contribution >= 0.6 is 0 Å². The minimum atomic E-state index is -4.39. The average molecular weight is 339 g/mol. The molecule has 8 nitrogen and oxygen atoms in total. The van der Waals surface area contributed by atoms with E-state index in [1.54, 1.807) is 0 Å². The van der Waals surface area contributed by atoms with Crippen molar-refractivity contribution in [1.82, 2.24) is 4.72 Å². The van der Waals surface area contributed by atoms with E-state index in [1.807, 2.05) is 4.72 Å². The molecule has 4 N–H and O–H groups in total. The fourth-order valence-corrected chi connectivity index (χ4v) is 3.41. The van der Waals surface area contributed by atoms with E-state index in [9.17, 15) is 21.2 Å². The minimum Gasteiger partial charge on any atom is -0.409 e.